The van der Waals surface area contributed by atoms with Crippen molar-refractivity contribution >= 4 is 17.6 Å². The third kappa shape index (κ3) is 4.24. The molecule has 1 aromatic carbocycles. The van der Waals surface area contributed by atoms with Crippen molar-refractivity contribution in [3.05, 3.63) is 59.7 Å². The number of carbonyl (C=O) groups is 2. The maximum absolute atomic E-state index is 13.9. The third-order valence-corrected chi connectivity index (χ3v) is 3.25. The van der Waals surface area contributed by atoms with Crippen LogP contribution in [0.25, 0.3) is 0 Å². The summed E-state index contributed by atoms with van der Waals surface area (Å²) in [6.45, 7) is -3.16. The van der Waals surface area contributed by atoms with E-state index in [1.165, 1.54) is 24.4 Å². The van der Waals surface area contributed by atoms with Gasteiger partial charge >= 0.3 is 18.6 Å². The average molecular weight is 369 g/mol. The molecule has 0 bridgehead atoms. The molecule has 0 spiro atoms. The van der Waals surface area contributed by atoms with Gasteiger partial charge in [-0.05, 0) is 18.2 Å². The number of halogens is 3. The van der Waals surface area contributed by atoms with Crippen LogP contribution in [0.1, 0.15) is 0 Å². The molecule has 9 heteroatoms. The van der Waals surface area contributed by atoms with Crippen molar-refractivity contribution in [2.45, 2.75) is 6.61 Å². The number of benzene rings is 1. The number of carbonyl (C=O) groups excluding carboxylic acids is 2. The van der Waals surface area contributed by atoms with E-state index >= 15 is 0 Å². The summed E-state index contributed by atoms with van der Waals surface area (Å²) < 4.78 is 52.3. The van der Waals surface area contributed by atoms with Crippen molar-refractivity contribution in [2.24, 2.45) is 0 Å². The van der Waals surface area contributed by atoms with Crippen LogP contribution in [0.5, 0.6) is 5.75 Å². The van der Waals surface area contributed by atoms with Gasteiger partial charge in [0.15, 0.2) is 0 Å². The second kappa shape index (κ2) is 8.24. The van der Waals surface area contributed by atoms with Gasteiger partial charge in [-0.25, -0.2) is 14.0 Å². The molecule has 26 heavy (non-hydrogen) atoms. The van der Waals surface area contributed by atoms with E-state index in [1.54, 1.807) is 0 Å². The zero-order chi connectivity index (χ0) is 19.3. The summed E-state index contributed by atoms with van der Waals surface area (Å²) in [4.78, 5) is 25.4. The number of hydrogen-bond acceptors (Lipinski definition) is 6. The Bertz CT molecular complexity index is 802. The maximum Gasteiger partial charge on any atom is 0.387 e. The molecule has 1 aliphatic heterocycles. The van der Waals surface area contributed by atoms with Crippen LogP contribution in [0.3, 0.4) is 0 Å². The molecule has 0 atom stereocenters. The van der Waals surface area contributed by atoms with E-state index in [4.69, 9.17) is 0 Å². The van der Waals surface area contributed by atoms with Crippen molar-refractivity contribution in [3.63, 3.8) is 0 Å². The predicted octanol–water partition coefficient (Wildman–Crippen LogP) is 2.92. The van der Waals surface area contributed by atoms with E-state index < -0.39 is 30.1 Å². The van der Waals surface area contributed by atoms with Gasteiger partial charge in [-0.15, -0.1) is 0 Å². The minimum atomic E-state index is -3.16. The molecule has 1 aliphatic rings. The zero-order valence-electron chi connectivity index (χ0n) is 13.7. The third-order valence-electron chi connectivity index (χ3n) is 3.25. The Hall–Kier alpha value is -3.23. The topological polar surface area (TPSA) is 65.1 Å². The van der Waals surface area contributed by atoms with Crippen molar-refractivity contribution in [3.8, 4) is 5.75 Å². The minimum absolute atomic E-state index is 0.0394. The fourth-order valence-corrected chi connectivity index (χ4v) is 2.22. The van der Waals surface area contributed by atoms with Crippen LogP contribution in [0, 0.1) is 5.82 Å². The number of alkyl halides is 2. The lowest BCUT2D eigenvalue weighted by molar-refractivity contribution is -0.139. The Labute approximate surface area is 146 Å². The quantitative estimate of drug-likeness (QED) is 0.744. The van der Waals surface area contributed by atoms with Gasteiger partial charge in [0.2, 0.25) is 0 Å². The van der Waals surface area contributed by atoms with Crippen molar-refractivity contribution in [1.82, 2.24) is 0 Å². The maximum atomic E-state index is 13.9. The first-order valence-corrected chi connectivity index (χ1v) is 7.17. The van der Waals surface area contributed by atoms with Crippen LogP contribution >= 0.6 is 0 Å². The summed E-state index contributed by atoms with van der Waals surface area (Å²) in [5, 5.41) is 0. The molecule has 2 rings (SSSR count). The van der Waals surface area contributed by atoms with Crippen molar-refractivity contribution in [2.75, 3.05) is 19.1 Å². The summed E-state index contributed by atoms with van der Waals surface area (Å²) in [6, 6.07) is 2.83. The van der Waals surface area contributed by atoms with Crippen LogP contribution in [0.4, 0.5) is 18.9 Å². The van der Waals surface area contributed by atoms with Gasteiger partial charge in [-0.1, -0.05) is 6.08 Å². The SMILES string of the molecule is COC(=O)C1=C(C(=O)OC)N(c2cc(F)cc(OC(F)F)c2)C=CC=C1. The van der Waals surface area contributed by atoms with Crippen LogP contribution < -0.4 is 9.64 Å². The Morgan fingerprint density at radius 1 is 1.04 bits per heavy atom. The number of ether oxygens (including phenoxy) is 3. The number of anilines is 1. The minimum Gasteiger partial charge on any atom is -0.465 e. The second-order valence-corrected chi connectivity index (χ2v) is 4.84. The molecule has 0 saturated carbocycles. The van der Waals surface area contributed by atoms with Gasteiger partial charge in [-0.2, -0.15) is 8.78 Å². The van der Waals surface area contributed by atoms with Crippen LogP contribution in [-0.4, -0.2) is 32.8 Å². The molecule has 0 saturated heterocycles. The molecular formula is C17H14F3NO5. The fourth-order valence-electron chi connectivity index (χ4n) is 2.22. The van der Waals surface area contributed by atoms with Crippen LogP contribution in [-0.2, 0) is 19.1 Å². The highest BCUT2D eigenvalue weighted by molar-refractivity contribution is 6.05. The molecular weight excluding hydrogens is 355 g/mol. The lowest BCUT2D eigenvalue weighted by Crippen LogP contribution is -2.27. The van der Waals surface area contributed by atoms with E-state index in [-0.39, 0.29) is 17.0 Å². The smallest absolute Gasteiger partial charge is 0.387 e. The lowest BCUT2D eigenvalue weighted by Gasteiger charge is -2.23. The highest BCUT2D eigenvalue weighted by atomic mass is 19.3. The molecule has 1 aromatic rings. The highest BCUT2D eigenvalue weighted by Crippen LogP contribution is 2.30. The van der Waals surface area contributed by atoms with Gasteiger partial charge in [0, 0.05) is 18.3 Å². The molecule has 0 aromatic heterocycles. The number of nitrogens with zero attached hydrogens (tertiary/aromatic N) is 1. The van der Waals surface area contributed by atoms with Gasteiger partial charge in [0.25, 0.3) is 0 Å². The van der Waals surface area contributed by atoms with E-state index in [0.717, 1.165) is 37.3 Å². The Morgan fingerprint density at radius 2 is 1.73 bits per heavy atom. The molecule has 0 N–H and O–H groups in total. The summed E-state index contributed by atoms with van der Waals surface area (Å²) in [5.41, 5.74) is -0.481. The molecule has 0 amide bonds. The summed E-state index contributed by atoms with van der Waals surface area (Å²) in [5.74, 6) is -3.09. The molecule has 6 nitrogen and oxygen atoms in total. The van der Waals surface area contributed by atoms with Crippen molar-refractivity contribution < 1.29 is 37.0 Å². The lowest BCUT2D eigenvalue weighted by atomic mass is 10.1. The summed E-state index contributed by atoms with van der Waals surface area (Å²) in [7, 11) is 2.22. The fraction of sp³-hybridized carbons (Fsp3) is 0.176. The molecule has 0 fully saturated rings. The molecule has 138 valence electrons. The Balaban J connectivity index is 2.63. The largest absolute Gasteiger partial charge is 0.465 e. The molecule has 0 unspecified atom stereocenters. The van der Waals surface area contributed by atoms with E-state index in [2.05, 4.69) is 14.2 Å². The highest BCUT2D eigenvalue weighted by Gasteiger charge is 2.28. The van der Waals surface area contributed by atoms with Gasteiger partial charge in [-0.3, -0.25) is 0 Å². The molecule has 1 heterocycles. The standard InChI is InChI=1S/C17H14F3NO5/c1-24-15(22)13-5-3-4-6-21(14(13)16(23)25-2)11-7-10(18)8-12(9-11)26-17(19)20/h3-9,17H,1-2H3. The van der Waals surface area contributed by atoms with E-state index in [1.807, 2.05) is 0 Å². The predicted molar refractivity (Wildman–Crippen MR) is 84.8 cm³/mol. The van der Waals surface area contributed by atoms with Crippen LogP contribution in [0.2, 0.25) is 0 Å². The Morgan fingerprint density at radius 3 is 2.35 bits per heavy atom. The van der Waals surface area contributed by atoms with Crippen molar-refractivity contribution in [1.29, 1.82) is 0 Å². The number of rotatable bonds is 5. The van der Waals surface area contributed by atoms with Gasteiger partial charge < -0.3 is 19.1 Å². The van der Waals surface area contributed by atoms with Gasteiger partial charge in [0.1, 0.15) is 17.3 Å². The first-order valence-electron chi connectivity index (χ1n) is 7.17. The Kier molecular flexibility index (Phi) is 6.05. The monoisotopic (exact) mass is 369 g/mol. The molecule has 0 radical (unpaired) electrons. The van der Waals surface area contributed by atoms with Gasteiger partial charge in [0.05, 0.1) is 25.5 Å². The number of esters is 2. The summed E-state index contributed by atoms with van der Waals surface area (Å²) >= 11 is 0. The van der Waals surface area contributed by atoms with E-state index in [0.29, 0.717) is 0 Å². The number of allylic oxidation sites excluding steroid dienone is 2. The first-order chi connectivity index (χ1) is 12.4. The number of hydrogen-bond donors (Lipinski definition) is 0. The zero-order valence-corrected chi connectivity index (χ0v) is 13.7. The average Bonchev–Trinajstić information content (AvgIpc) is 2.82. The summed E-state index contributed by atoms with van der Waals surface area (Å²) in [6.07, 6.45) is 5.55. The normalized spacial score (nSPS) is 13.7. The van der Waals surface area contributed by atoms with E-state index in [9.17, 15) is 22.8 Å². The van der Waals surface area contributed by atoms with Crippen LogP contribution in [0.15, 0.2) is 53.9 Å². The second-order valence-electron chi connectivity index (χ2n) is 4.84. The first kappa shape index (κ1) is 19.1. The molecule has 0 aliphatic carbocycles. The number of methoxy groups -OCH3 is 2.